The monoisotopic (exact) mass is 242 g/mol. The number of carbonyl (C=O) groups excluding carboxylic acids is 1. The lowest BCUT2D eigenvalue weighted by atomic mass is 10.1. The van der Waals surface area contributed by atoms with E-state index in [1.807, 2.05) is 0 Å². The highest BCUT2D eigenvalue weighted by Gasteiger charge is 2.16. The Morgan fingerprint density at radius 2 is 2.12 bits per heavy atom. The van der Waals surface area contributed by atoms with Crippen molar-refractivity contribution in [2.45, 2.75) is 25.4 Å². The standard InChI is InChI=1S/C12H18O5/c1-3-4-5-6-11(17-9-16-2)10(13)7-8-12(14)15/h3,7-8,11H,1,4-6,9H2,2H3,(H,14,15)/b8-7+/t11-/m0/s1. The summed E-state index contributed by atoms with van der Waals surface area (Å²) in [5.74, 6) is -1.52. The molecule has 0 aliphatic heterocycles. The number of rotatable bonds is 10. The molecule has 0 aromatic heterocycles. The van der Waals surface area contributed by atoms with Crippen molar-refractivity contribution in [3.05, 3.63) is 24.8 Å². The average Bonchev–Trinajstić information content (AvgIpc) is 2.30. The number of carbonyl (C=O) groups is 2. The van der Waals surface area contributed by atoms with E-state index in [2.05, 4.69) is 6.58 Å². The highest BCUT2D eigenvalue weighted by molar-refractivity contribution is 5.97. The van der Waals surface area contributed by atoms with Crippen LogP contribution in [-0.2, 0) is 19.1 Å². The Kier molecular flexibility index (Phi) is 8.91. The third kappa shape index (κ3) is 8.36. The van der Waals surface area contributed by atoms with Crippen molar-refractivity contribution < 1.29 is 24.2 Å². The number of ether oxygens (including phenoxy) is 2. The number of allylic oxidation sites excluding steroid dienone is 1. The smallest absolute Gasteiger partial charge is 0.328 e. The molecule has 1 atom stereocenters. The van der Waals surface area contributed by atoms with Crippen LogP contribution in [0, 0.1) is 0 Å². The predicted octanol–water partition coefficient (Wildman–Crippen LogP) is 1.54. The molecule has 17 heavy (non-hydrogen) atoms. The molecule has 0 rings (SSSR count). The molecule has 0 unspecified atom stereocenters. The molecule has 0 spiro atoms. The molecular formula is C12H18O5. The fourth-order valence-corrected chi connectivity index (χ4v) is 1.17. The zero-order valence-electron chi connectivity index (χ0n) is 9.93. The third-order valence-electron chi connectivity index (χ3n) is 1.97. The van der Waals surface area contributed by atoms with Gasteiger partial charge in [-0.1, -0.05) is 6.08 Å². The number of unbranched alkanes of at least 4 members (excludes halogenated alkanes) is 1. The van der Waals surface area contributed by atoms with Gasteiger partial charge in [0.2, 0.25) is 0 Å². The summed E-state index contributed by atoms with van der Waals surface area (Å²) in [5, 5.41) is 8.42. The zero-order chi connectivity index (χ0) is 13.1. The van der Waals surface area contributed by atoms with E-state index in [1.165, 1.54) is 7.11 Å². The Morgan fingerprint density at radius 1 is 1.41 bits per heavy atom. The fraction of sp³-hybridized carbons (Fsp3) is 0.500. The van der Waals surface area contributed by atoms with Gasteiger partial charge in [0.15, 0.2) is 5.78 Å². The van der Waals surface area contributed by atoms with Crippen LogP contribution < -0.4 is 0 Å². The Bertz CT molecular complexity index is 283. The molecule has 5 nitrogen and oxygen atoms in total. The van der Waals surface area contributed by atoms with Crippen LogP contribution in [0.15, 0.2) is 24.8 Å². The zero-order valence-corrected chi connectivity index (χ0v) is 9.93. The van der Waals surface area contributed by atoms with Gasteiger partial charge in [-0.25, -0.2) is 4.79 Å². The first-order chi connectivity index (χ1) is 8.11. The minimum atomic E-state index is -1.16. The highest BCUT2D eigenvalue weighted by atomic mass is 16.7. The van der Waals surface area contributed by atoms with Crippen LogP contribution in [0.2, 0.25) is 0 Å². The van der Waals surface area contributed by atoms with Crippen molar-refractivity contribution in [1.82, 2.24) is 0 Å². The SMILES string of the molecule is C=CCCC[C@H](OCOC)C(=O)/C=C/C(=O)O. The summed E-state index contributed by atoms with van der Waals surface area (Å²) in [6.07, 6.45) is 4.96. The number of hydrogen-bond acceptors (Lipinski definition) is 4. The summed E-state index contributed by atoms with van der Waals surface area (Å²) in [4.78, 5) is 21.9. The van der Waals surface area contributed by atoms with Crippen LogP contribution in [0.5, 0.6) is 0 Å². The van der Waals surface area contributed by atoms with Crippen molar-refractivity contribution in [3.8, 4) is 0 Å². The van der Waals surface area contributed by atoms with Gasteiger partial charge in [0.05, 0.1) is 0 Å². The van der Waals surface area contributed by atoms with E-state index in [1.54, 1.807) is 6.08 Å². The lowest BCUT2D eigenvalue weighted by molar-refractivity contribution is -0.136. The van der Waals surface area contributed by atoms with E-state index < -0.39 is 12.1 Å². The maximum absolute atomic E-state index is 11.6. The maximum atomic E-state index is 11.6. The summed E-state index contributed by atoms with van der Waals surface area (Å²) in [7, 11) is 1.46. The van der Waals surface area contributed by atoms with E-state index in [-0.39, 0.29) is 12.6 Å². The number of carboxylic acid groups (broad SMARTS) is 1. The van der Waals surface area contributed by atoms with Gasteiger partial charge in [0.1, 0.15) is 12.9 Å². The quantitative estimate of drug-likeness (QED) is 0.272. The molecule has 0 saturated heterocycles. The van der Waals surface area contributed by atoms with Gasteiger partial charge in [-0.3, -0.25) is 4.79 Å². The van der Waals surface area contributed by atoms with E-state index in [9.17, 15) is 9.59 Å². The molecule has 0 radical (unpaired) electrons. The maximum Gasteiger partial charge on any atom is 0.328 e. The van der Waals surface area contributed by atoms with Crippen molar-refractivity contribution in [2.24, 2.45) is 0 Å². The number of ketones is 1. The van der Waals surface area contributed by atoms with E-state index >= 15 is 0 Å². The Morgan fingerprint density at radius 3 is 2.65 bits per heavy atom. The van der Waals surface area contributed by atoms with Crippen LogP contribution >= 0.6 is 0 Å². The molecular weight excluding hydrogens is 224 g/mol. The van der Waals surface area contributed by atoms with Crippen LogP contribution in [-0.4, -0.2) is 36.9 Å². The summed E-state index contributed by atoms with van der Waals surface area (Å²) >= 11 is 0. The van der Waals surface area contributed by atoms with E-state index in [0.29, 0.717) is 6.42 Å². The first kappa shape index (κ1) is 15.5. The molecule has 0 aromatic rings. The van der Waals surface area contributed by atoms with Crippen LogP contribution in [0.25, 0.3) is 0 Å². The van der Waals surface area contributed by atoms with Gasteiger partial charge in [-0.05, 0) is 25.3 Å². The number of aliphatic carboxylic acids is 1. The normalized spacial score (nSPS) is 12.5. The van der Waals surface area contributed by atoms with Crippen molar-refractivity contribution >= 4 is 11.8 Å². The molecule has 1 N–H and O–H groups in total. The predicted molar refractivity (Wildman–Crippen MR) is 62.6 cm³/mol. The number of hydrogen-bond donors (Lipinski definition) is 1. The molecule has 0 aromatic carbocycles. The van der Waals surface area contributed by atoms with Gasteiger partial charge >= 0.3 is 5.97 Å². The van der Waals surface area contributed by atoms with Crippen molar-refractivity contribution in [2.75, 3.05) is 13.9 Å². The molecule has 0 bridgehead atoms. The Labute approximate surface area is 101 Å². The summed E-state index contributed by atoms with van der Waals surface area (Å²) in [5.41, 5.74) is 0. The molecule has 0 saturated carbocycles. The van der Waals surface area contributed by atoms with Gasteiger partial charge in [0, 0.05) is 13.2 Å². The average molecular weight is 242 g/mol. The van der Waals surface area contributed by atoms with Gasteiger partial charge in [-0.2, -0.15) is 0 Å². The molecule has 5 heteroatoms. The lowest BCUT2D eigenvalue weighted by Gasteiger charge is -2.13. The van der Waals surface area contributed by atoms with Gasteiger partial charge in [0.25, 0.3) is 0 Å². The molecule has 0 aliphatic rings. The minimum absolute atomic E-state index is 0.00536. The number of carboxylic acids is 1. The van der Waals surface area contributed by atoms with E-state index in [0.717, 1.165) is 25.0 Å². The lowest BCUT2D eigenvalue weighted by Crippen LogP contribution is -2.24. The Balaban J connectivity index is 4.27. The third-order valence-corrected chi connectivity index (χ3v) is 1.97. The second-order valence-corrected chi connectivity index (χ2v) is 3.36. The van der Waals surface area contributed by atoms with Crippen molar-refractivity contribution in [1.29, 1.82) is 0 Å². The first-order valence-corrected chi connectivity index (χ1v) is 5.28. The van der Waals surface area contributed by atoms with Crippen LogP contribution in [0.4, 0.5) is 0 Å². The molecule has 0 amide bonds. The molecule has 0 aliphatic carbocycles. The minimum Gasteiger partial charge on any atom is -0.478 e. The fourth-order valence-electron chi connectivity index (χ4n) is 1.17. The second kappa shape index (κ2) is 9.74. The van der Waals surface area contributed by atoms with Crippen LogP contribution in [0.1, 0.15) is 19.3 Å². The molecule has 0 heterocycles. The molecule has 0 fully saturated rings. The van der Waals surface area contributed by atoms with Crippen LogP contribution in [0.3, 0.4) is 0 Å². The Hall–Kier alpha value is -1.46. The van der Waals surface area contributed by atoms with Gasteiger partial charge < -0.3 is 14.6 Å². The van der Waals surface area contributed by atoms with Gasteiger partial charge in [-0.15, -0.1) is 6.58 Å². The highest BCUT2D eigenvalue weighted by Crippen LogP contribution is 2.07. The largest absolute Gasteiger partial charge is 0.478 e. The molecule has 96 valence electrons. The number of methoxy groups -OCH3 is 1. The second-order valence-electron chi connectivity index (χ2n) is 3.36. The topological polar surface area (TPSA) is 72.8 Å². The van der Waals surface area contributed by atoms with E-state index in [4.69, 9.17) is 14.6 Å². The van der Waals surface area contributed by atoms with Crippen molar-refractivity contribution in [3.63, 3.8) is 0 Å². The first-order valence-electron chi connectivity index (χ1n) is 5.28. The summed E-state index contributed by atoms with van der Waals surface area (Å²) in [6.45, 7) is 3.59. The summed E-state index contributed by atoms with van der Waals surface area (Å²) < 4.78 is 9.90. The summed E-state index contributed by atoms with van der Waals surface area (Å²) in [6, 6.07) is 0.